The van der Waals surface area contributed by atoms with E-state index in [1.54, 1.807) is 7.11 Å². The molecular formula is C17H25NO2. The van der Waals surface area contributed by atoms with Gasteiger partial charge >= 0.3 is 0 Å². The number of Topliss-reactive ketones (excluding diaryl/α,β-unsaturated/α-hetero) is 1. The molecule has 1 aliphatic rings. The van der Waals surface area contributed by atoms with E-state index in [0.717, 1.165) is 50.0 Å². The van der Waals surface area contributed by atoms with E-state index in [1.807, 2.05) is 18.2 Å². The van der Waals surface area contributed by atoms with Crippen LogP contribution in [0.4, 0.5) is 0 Å². The third kappa shape index (κ3) is 3.04. The first kappa shape index (κ1) is 15.0. The summed E-state index contributed by atoms with van der Waals surface area (Å²) in [6.45, 7) is 1.03. The summed E-state index contributed by atoms with van der Waals surface area (Å²) in [7, 11) is 5.83. The highest BCUT2D eigenvalue weighted by Crippen LogP contribution is 2.42. The van der Waals surface area contributed by atoms with Gasteiger partial charge in [0.15, 0.2) is 0 Å². The lowest BCUT2D eigenvalue weighted by Crippen LogP contribution is -2.32. The second-order valence-corrected chi connectivity index (χ2v) is 6.00. The van der Waals surface area contributed by atoms with Gasteiger partial charge in [-0.15, -0.1) is 0 Å². The highest BCUT2D eigenvalue weighted by atomic mass is 16.5. The molecule has 110 valence electrons. The zero-order valence-electron chi connectivity index (χ0n) is 12.8. The van der Waals surface area contributed by atoms with Gasteiger partial charge in [0.25, 0.3) is 0 Å². The fourth-order valence-corrected chi connectivity index (χ4v) is 3.26. The molecule has 0 bridgehead atoms. The second-order valence-electron chi connectivity index (χ2n) is 6.00. The minimum atomic E-state index is -0.273. The van der Waals surface area contributed by atoms with Crippen molar-refractivity contribution in [1.82, 2.24) is 4.90 Å². The van der Waals surface area contributed by atoms with Crippen LogP contribution in [0, 0.1) is 0 Å². The molecule has 1 fully saturated rings. The molecule has 1 aliphatic carbocycles. The Labute approximate surface area is 121 Å². The Morgan fingerprint density at radius 2 is 2.15 bits per heavy atom. The smallest absolute Gasteiger partial charge is 0.143 e. The molecule has 1 saturated carbocycles. The molecule has 0 radical (unpaired) electrons. The second kappa shape index (κ2) is 6.40. The zero-order chi connectivity index (χ0) is 14.6. The number of hydrogen-bond acceptors (Lipinski definition) is 3. The SMILES string of the molecule is COc1cccc(C2(CCCN(C)C)CCCC2=O)c1. The molecule has 0 aliphatic heterocycles. The van der Waals surface area contributed by atoms with E-state index in [2.05, 4.69) is 25.1 Å². The molecule has 20 heavy (non-hydrogen) atoms. The maximum Gasteiger partial charge on any atom is 0.143 e. The van der Waals surface area contributed by atoms with E-state index >= 15 is 0 Å². The minimum Gasteiger partial charge on any atom is -0.497 e. The molecule has 2 rings (SSSR count). The standard InChI is InChI=1S/C17H25NO2/c1-18(2)12-6-11-17(10-5-9-16(17)19)14-7-4-8-15(13-14)20-3/h4,7-8,13H,5-6,9-12H2,1-3H3. The molecule has 0 spiro atoms. The predicted molar refractivity (Wildman–Crippen MR) is 81.3 cm³/mol. The van der Waals surface area contributed by atoms with Gasteiger partial charge < -0.3 is 9.64 Å². The molecule has 0 heterocycles. The number of ketones is 1. The number of carbonyl (C=O) groups is 1. The van der Waals surface area contributed by atoms with Crippen molar-refractivity contribution in [3.05, 3.63) is 29.8 Å². The molecule has 1 aromatic rings. The van der Waals surface area contributed by atoms with Crippen molar-refractivity contribution < 1.29 is 9.53 Å². The largest absolute Gasteiger partial charge is 0.497 e. The van der Waals surface area contributed by atoms with Crippen LogP contribution in [-0.2, 0) is 10.2 Å². The first-order chi connectivity index (χ1) is 9.58. The lowest BCUT2D eigenvalue weighted by atomic mass is 9.74. The Balaban J connectivity index is 2.24. The van der Waals surface area contributed by atoms with Crippen LogP contribution in [0.5, 0.6) is 5.75 Å². The lowest BCUT2D eigenvalue weighted by Gasteiger charge is -2.29. The van der Waals surface area contributed by atoms with Gasteiger partial charge in [0.1, 0.15) is 11.5 Å². The topological polar surface area (TPSA) is 29.5 Å². The van der Waals surface area contributed by atoms with Crippen LogP contribution in [0.15, 0.2) is 24.3 Å². The summed E-state index contributed by atoms with van der Waals surface area (Å²) >= 11 is 0. The van der Waals surface area contributed by atoms with E-state index in [-0.39, 0.29) is 5.41 Å². The molecule has 1 aromatic carbocycles. The Bertz CT molecular complexity index is 470. The summed E-state index contributed by atoms with van der Waals surface area (Å²) in [5.74, 6) is 1.25. The first-order valence-corrected chi connectivity index (χ1v) is 7.41. The fourth-order valence-electron chi connectivity index (χ4n) is 3.26. The van der Waals surface area contributed by atoms with E-state index in [0.29, 0.717) is 5.78 Å². The summed E-state index contributed by atoms with van der Waals surface area (Å²) < 4.78 is 5.32. The number of rotatable bonds is 6. The molecular weight excluding hydrogens is 250 g/mol. The van der Waals surface area contributed by atoms with Gasteiger partial charge in [0.2, 0.25) is 0 Å². The van der Waals surface area contributed by atoms with Crippen LogP contribution < -0.4 is 4.74 Å². The third-order valence-electron chi connectivity index (χ3n) is 4.37. The van der Waals surface area contributed by atoms with Gasteiger partial charge in [-0.2, -0.15) is 0 Å². The average molecular weight is 275 g/mol. The quantitative estimate of drug-likeness (QED) is 0.799. The van der Waals surface area contributed by atoms with Crippen LogP contribution in [0.3, 0.4) is 0 Å². The Morgan fingerprint density at radius 1 is 1.35 bits per heavy atom. The number of benzene rings is 1. The van der Waals surface area contributed by atoms with Gasteiger partial charge in [-0.1, -0.05) is 12.1 Å². The summed E-state index contributed by atoms with van der Waals surface area (Å²) in [4.78, 5) is 14.7. The van der Waals surface area contributed by atoms with Crippen LogP contribution >= 0.6 is 0 Å². The average Bonchev–Trinajstić information content (AvgIpc) is 2.81. The number of hydrogen-bond donors (Lipinski definition) is 0. The highest BCUT2D eigenvalue weighted by Gasteiger charge is 2.42. The maximum absolute atomic E-state index is 12.5. The maximum atomic E-state index is 12.5. The predicted octanol–water partition coefficient (Wildman–Crippen LogP) is 3.03. The van der Waals surface area contributed by atoms with Crippen molar-refractivity contribution in [3.8, 4) is 5.75 Å². The first-order valence-electron chi connectivity index (χ1n) is 7.41. The number of nitrogens with zero attached hydrogens (tertiary/aromatic N) is 1. The normalized spacial score (nSPS) is 22.5. The van der Waals surface area contributed by atoms with Crippen LogP contribution in [0.2, 0.25) is 0 Å². The van der Waals surface area contributed by atoms with Crippen molar-refractivity contribution in [3.63, 3.8) is 0 Å². The molecule has 1 atom stereocenters. The van der Waals surface area contributed by atoms with E-state index < -0.39 is 0 Å². The van der Waals surface area contributed by atoms with Gasteiger partial charge in [-0.25, -0.2) is 0 Å². The summed E-state index contributed by atoms with van der Waals surface area (Å²) in [5.41, 5.74) is 0.864. The molecule has 0 aromatic heterocycles. The number of methoxy groups -OCH3 is 1. The Kier molecular flexibility index (Phi) is 4.81. The number of carbonyl (C=O) groups excluding carboxylic acids is 1. The molecule has 0 N–H and O–H groups in total. The van der Waals surface area contributed by atoms with Crippen molar-refractivity contribution in [2.24, 2.45) is 0 Å². The molecule has 0 saturated heterocycles. The van der Waals surface area contributed by atoms with Gasteiger partial charge in [0, 0.05) is 6.42 Å². The lowest BCUT2D eigenvalue weighted by molar-refractivity contribution is -0.122. The van der Waals surface area contributed by atoms with Crippen molar-refractivity contribution in [2.75, 3.05) is 27.7 Å². The summed E-state index contributed by atoms with van der Waals surface area (Å²) in [6.07, 6.45) is 4.71. The minimum absolute atomic E-state index is 0.273. The fraction of sp³-hybridized carbons (Fsp3) is 0.588. The van der Waals surface area contributed by atoms with Crippen LogP contribution in [0.25, 0.3) is 0 Å². The number of ether oxygens (including phenoxy) is 1. The molecule has 0 amide bonds. The van der Waals surface area contributed by atoms with Crippen molar-refractivity contribution in [1.29, 1.82) is 0 Å². The zero-order valence-corrected chi connectivity index (χ0v) is 12.8. The van der Waals surface area contributed by atoms with Gasteiger partial charge in [-0.05, 0) is 64.0 Å². The summed E-state index contributed by atoms with van der Waals surface area (Å²) in [6, 6.07) is 8.06. The van der Waals surface area contributed by atoms with E-state index in [4.69, 9.17) is 4.74 Å². The van der Waals surface area contributed by atoms with Crippen LogP contribution in [-0.4, -0.2) is 38.4 Å². The van der Waals surface area contributed by atoms with Gasteiger partial charge in [-0.3, -0.25) is 4.79 Å². The Hall–Kier alpha value is -1.35. The molecule has 1 unspecified atom stereocenters. The van der Waals surface area contributed by atoms with Crippen molar-refractivity contribution in [2.45, 2.75) is 37.5 Å². The summed E-state index contributed by atoms with van der Waals surface area (Å²) in [5, 5.41) is 0. The highest BCUT2D eigenvalue weighted by molar-refractivity contribution is 5.92. The van der Waals surface area contributed by atoms with Crippen LogP contribution in [0.1, 0.15) is 37.7 Å². The third-order valence-corrected chi connectivity index (χ3v) is 4.37. The molecule has 3 nitrogen and oxygen atoms in total. The molecule has 3 heteroatoms. The van der Waals surface area contributed by atoms with E-state index in [1.165, 1.54) is 0 Å². The van der Waals surface area contributed by atoms with E-state index in [9.17, 15) is 4.79 Å². The monoisotopic (exact) mass is 275 g/mol. The van der Waals surface area contributed by atoms with Gasteiger partial charge in [0.05, 0.1) is 12.5 Å². The Morgan fingerprint density at radius 3 is 2.75 bits per heavy atom. The van der Waals surface area contributed by atoms with Crippen molar-refractivity contribution >= 4 is 5.78 Å².